The molecule has 1 aromatic carbocycles. The Bertz CT molecular complexity index is 893. The van der Waals surface area contributed by atoms with Crippen molar-refractivity contribution in [2.24, 2.45) is 4.99 Å². The monoisotopic (exact) mass is 425 g/mol. The van der Waals surface area contributed by atoms with Crippen molar-refractivity contribution in [1.29, 1.82) is 0 Å². The molecule has 0 radical (unpaired) electrons. The van der Waals surface area contributed by atoms with Crippen molar-refractivity contribution < 1.29 is 4.74 Å². The zero-order chi connectivity index (χ0) is 22.4. The molecule has 0 spiro atoms. The molecular weight excluding hydrogens is 390 g/mol. The van der Waals surface area contributed by atoms with E-state index in [1.807, 2.05) is 43.1 Å². The fraction of sp³-hybridized carbons (Fsp3) is 0.522. The lowest BCUT2D eigenvalue weighted by atomic mass is 10.0. The molecule has 168 valence electrons. The van der Waals surface area contributed by atoms with Crippen LogP contribution in [0.25, 0.3) is 0 Å². The van der Waals surface area contributed by atoms with Crippen LogP contribution in [0, 0.1) is 6.92 Å². The lowest BCUT2D eigenvalue weighted by molar-refractivity contribution is 0.220. The number of aromatic nitrogens is 2. The fourth-order valence-corrected chi connectivity index (χ4v) is 3.89. The summed E-state index contributed by atoms with van der Waals surface area (Å²) in [5.74, 6) is 3.00. The highest BCUT2D eigenvalue weighted by Gasteiger charge is 2.24. The summed E-state index contributed by atoms with van der Waals surface area (Å²) in [6.45, 7) is 7.64. The van der Waals surface area contributed by atoms with Gasteiger partial charge in [0.2, 0.25) is 11.9 Å². The van der Waals surface area contributed by atoms with E-state index in [0.29, 0.717) is 17.9 Å². The Morgan fingerprint density at radius 3 is 2.61 bits per heavy atom. The third-order valence-electron chi connectivity index (χ3n) is 5.90. The first-order chi connectivity index (χ1) is 14.9. The lowest BCUT2D eigenvalue weighted by Crippen LogP contribution is -2.43. The highest BCUT2D eigenvalue weighted by Crippen LogP contribution is 2.23. The molecule has 0 atom stereocenters. The molecule has 2 heterocycles. The van der Waals surface area contributed by atoms with Gasteiger partial charge in [-0.1, -0.05) is 13.0 Å². The van der Waals surface area contributed by atoms with E-state index in [0.717, 1.165) is 55.4 Å². The second kappa shape index (κ2) is 10.4. The number of ether oxygens (including phenoxy) is 1. The molecule has 0 bridgehead atoms. The SMILES string of the molecule is CCN1CCC(N(C)c2cc(C)nc(N(C)/C(=N/C)Nc3cccc(OC)c3)n2)CC1. The van der Waals surface area contributed by atoms with Gasteiger partial charge in [0.15, 0.2) is 0 Å². The molecule has 0 amide bonds. The number of rotatable bonds is 6. The van der Waals surface area contributed by atoms with Gasteiger partial charge in [-0.3, -0.25) is 9.89 Å². The smallest absolute Gasteiger partial charge is 0.234 e. The Morgan fingerprint density at radius 1 is 1.23 bits per heavy atom. The van der Waals surface area contributed by atoms with Gasteiger partial charge in [0.25, 0.3) is 0 Å². The van der Waals surface area contributed by atoms with E-state index < -0.39 is 0 Å². The Kier molecular flexibility index (Phi) is 7.68. The van der Waals surface area contributed by atoms with Gasteiger partial charge in [0, 0.05) is 63.8 Å². The number of nitrogens with one attached hydrogen (secondary N) is 1. The zero-order valence-electron chi connectivity index (χ0n) is 19.6. The maximum atomic E-state index is 5.32. The Balaban J connectivity index is 1.77. The largest absolute Gasteiger partial charge is 0.497 e. The molecule has 1 N–H and O–H groups in total. The quantitative estimate of drug-likeness (QED) is 0.563. The van der Waals surface area contributed by atoms with Crippen LogP contribution in [0.5, 0.6) is 5.75 Å². The standard InChI is InChI=1S/C23H35N7O/c1-7-30-13-11-19(12-14-30)28(4)21-15-17(2)25-23(27-21)29(5)22(24-3)26-18-9-8-10-20(16-18)31-6/h8-10,15-16,19H,7,11-14H2,1-6H3,(H,24,26). The maximum Gasteiger partial charge on any atom is 0.234 e. The third kappa shape index (κ3) is 5.64. The molecule has 1 saturated heterocycles. The molecule has 31 heavy (non-hydrogen) atoms. The van der Waals surface area contributed by atoms with Gasteiger partial charge in [-0.05, 0) is 38.4 Å². The second-order valence-corrected chi connectivity index (χ2v) is 7.91. The summed E-state index contributed by atoms with van der Waals surface area (Å²) in [6.07, 6.45) is 2.30. The number of hydrogen-bond acceptors (Lipinski definition) is 6. The van der Waals surface area contributed by atoms with Gasteiger partial charge in [-0.15, -0.1) is 0 Å². The molecule has 2 aromatic rings. The van der Waals surface area contributed by atoms with Crippen LogP contribution in [0.15, 0.2) is 35.3 Å². The van der Waals surface area contributed by atoms with Crippen LogP contribution in [0.3, 0.4) is 0 Å². The van der Waals surface area contributed by atoms with Crippen LogP contribution in [-0.2, 0) is 0 Å². The summed E-state index contributed by atoms with van der Waals surface area (Å²) >= 11 is 0. The van der Waals surface area contributed by atoms with Gasteiger partial charge in [0.1, 0.15) is 11.6 Å². The molecule has 1 aliphatic rings. The molecule has 1 aromatic heterocycles. The molecule has 0 saturated carbocycles. The van der Waals surface area contributed by atoms with Crippen LogP contribution in [-0.4, -0.2) is 74.8 Å². The van der Waals surface area contributed by atoms with Crippen LogP contribution in [0.1, 0.15) is 25.5 Å². The van der Waals surface area contributed by atoms with Gasteiger partial charge in [-0.2, -0.15) is 4.98 Å². The normalized spacial score (nSPS) is 15.6. The predicted molar refractivity (Wildman–Crippen MR) is 129 cm³/mol. The predicted octanol–water partition coefficient (Wildman–Crippen LogP) is 3.25. The number of guanidine groups is 1. The van der Waals surface area contributed by atoms with E-state index in [1.165, 1.54) is 0 Å². The number of methoxy groups -OCH3 is 1. The Hall–Kier alpha value is -2.87. The number of aliphatic imine (C=N–C) groups is 1. The van der Waals surface area contributed by atoms with E-state index in [9.17, 15) is 0 Å². The molecule has 0 unspecified atom stereocenters. The van der Waals surface area contributed by atoms with Gasteiger partial charge in [0.05, 0.1) is 7.11 Å². The van der Waals surface area contributed by atoms with Crippen LogP contribution < -0.4 is 19.9 Å². The van der Waals surface area contributed by atoms with Gasteiger partial charge >= 0.3 is 0 Å². The van der Waals surface area contributed by atoms with Gasteiger partial charge in [-0.25, -0.2) is 4.98 Å². The number of aryl methyl sites for hydroxylation is 1. The molecule has 8 nitrogen and oxygen atoms in total. The number of anilines is 3. The van der Waals surface area contributed by atoms with Crippen molar-refractivity contribution in [3.63, 3.8) is 0 Å². The first-order valence-electron chi connectivity index (χ1n) is 10.9. The second-order valence-electron chi connectivity index (χ2n) is 7.91. The highest BCUT2D eigenvalue weighted by atomic mass is 16.5. The van der Waals surface area contributed by atoms with Crippen molar-refractivity contribution in [3.8, 4) is 5.75 Å². The number of nitrogens with zero attached hydrogens (tertiary/aromatic N) is 6. The van der Waals surface area contributed by atoms with E-state index in [-0.39, 0.29) is 0 Å². The van der Waals surface area contributed by atoms with E-state index in [1.54, 1.807) is 14.2 Å². The maximum absolute atomic E-state index is 5.32. The summed E-state index contributed by atoms with van der Waals surface area (Å²) in [4.78, 5) is 20.6. The van der Waals surface area contributed by atoms with Crippen LogP contribution >= 0.6 is 0 Å². The molecule has 3 rings (SSSR count). The average Bonchev–Trinajstić information content (AvgIpc) is 2.81. The van der Waals surface area contributed by atoms with Crippen molar-refractivity contribution in [2.75, 3.05) is 63.0 Å². The minimum atomic E-state index is 0.490. The van der Waals surface area contributed by atoms with Gasteiger partial charge < -0.3 is 19.9 Å². The molecule has 1 fully saturated rings. The first kappa shape index (κ1) is 22.8. The van der Waals surface area contributed by atoms with Crippen molar-refractivity contribution in [3.05, 3.63) is 36.0 Å². The summed E-state index contributed by atoms with van der Waals surface area (Å²) < 4.78 is 5.32. The van der Waals surface area contributed by atoms with Crippen molar-refractivity contribution in [1.82, 2.24) is 14.9 Å². The summed E-state index contributed by atoms with van der Waals surface area (Å²) in [5, 5.41) is 3.34. The van der Waals surface area contributed by atoms with E-state index in [2.05, 4.69) is 45.1 Å². The molecule has 1 aliphatic heterocycles. The minimum absolute atomic E-state index is 0.490. The van der Waals surface area contributed by atoms with E-state index >= 15 is 0 Å². The van der Waals surface area contributed by atoms with Crippen LogP contribution in [0.2, 0.25) is 0 Å². The number of likely N-dealkylation sites (tertiary alicyclic amines) is 1. The highest BCUT2D eigenvalue weighted by molar-refractivity contribution is 6.04. The minimum Gasteiger partial charge on any atom is -0.497 e. The topological polar surface area (TPSA) is 69.1 Å². The zero-order valence-corrected chi connectivity index (χ0v) is 19.6. The Morgan fingerprint density at radius 2 is 1.97 bits per heavy atom. The number of benzene rings is 1. The van der Waals surface area contributed by atoms with E-state index in [4.69, 9.17) is 9.72 Å². The van der Waals surface area contributed by atoms with Crippen molar-refractivity contribution >= 4 is 23.4 Å². The fourth-order valence-electron chi connectivity index (χ4n) is 3.89. The lowest BCUT2D eigenvalue weighted by Gasteiger charge is -2.37. The first-order valence-corrected chi connectivity index (χ1v) is 10.9. The third-order valence-corrected chi connectivity index (χ3v) is 5.90. The molecule has 0 aliphatic carbocycles. The Labute approximate surface area is 186 Å². The number of hydrogen-bond donors (Lipinski definition) is 1. The molecular formula is C23H35N7O. The number of piperidine rings is 1. The average molecular weight is 426 g/mol. The van der Waals surface area contributed by atoms with Crippen LogP contribution in [0.4, 0.5) is 17.5 Å². The summed E-state index contributed by atoms with van der Waals surface area (Å²) in [7, 11) is 7.48. The molecule has 8 heteroatoms. The summed E-state index contributed by atoms with van der Waals surface area (Å²) in [5.41, 5.74) is 1.82. The van der Waals surface area contributed by atoms with Crippen molar-refractivity contribution in [2.45, 2.75) is 32.7 Å². The summed E-state index contributed by atoms with van der Waals surface area (Å²) in [6, 6.07) is 10.3.